The Kier molecular flexibility index (Phi) is 11.8. The molecule has 0 aromatic rings. The molecule has 6 heteroatoms. The first kappa shape index (κ1) is 17.1. The van der Waals surface area contributed by atoms with Gasteiger partial charge in [0.15, 0.2) is 6.29 Å². The van der Waals surface area contributed by atoms with Crippen molar-refractivity contribution in [1.82, 2.24) is 0 Å². The fraction of sp³-hybridized carbons (Fsp3) is 1.00. The molecular formula is C13H25ClO5. The molecule has 0 aromatic carbocycles. The van der Waals surface area contributed by atoms with E-state index in [-0.39, 0.29) is 6.29 Å². The van der Waals surface area contributed by atoms with E-state index in [4.69, 9.17) is 35.3 Å². The highest BCUT2D eigenvalue weighted by molar-refractivity contribution is 6.17. The molecule has 114 valence electrons. The quantitative estimate of drug-likeness (QED) is 0.406. The van der Waals surface area contributed by atoms with Crippen molar-refractivity contribution < 1.29 is 23.7 Å². The minimum Gasteiger partial charge on any atom is -0.378 e. The molecule has 19 heavy (non-hydrogen) atoms. The van der Waals surface area contributed by atoms with E-state index in [2.05, 4.69) is 0 Å². The summed E-state index contributed by atoms with van der Waals surface area (Å²) in [6, 6.07) is 0. The first-order valence-electron chi connectivity index (χ1n) is 6.96. The maximum absolute atomic E-state index is 5.53. The monoisotopic (exact) mass is 296 g/mol. The highest BCUT2D eigenvalue weighted by atomic mass is 35.5. The molecule has 1 fully saturated rings. The van der Waals surface area contributed by atoms with Crippen LogP contribution in [-0.4, -0.2) is 65.0 Å². The van der Waals surface area contributed by atoms with E-state index in [0.717, 1.165) is 19.4 Å². The predicted molar refractivity (Wildman–Crippen MR) is 72.7 cm³/mol. The summed E-state index contributed by atoms with van der Waals surface area (Å²) in [7, 11) is 0. The van der Waals surface area contributed by atoms with Crippen LogP contribution < -0.4 is 0 Å². The summed E-state index contributed by atoms with van der Waals surface area (Å²) in [6.45, 7) is 4.83. The minimum atomic E-state index is -0.0346. The molecule has 0 radical (unpaired) electrons. The molecule has 1 rings (SSSR count). The van der Waals surface area contributed by atoms with Crippen LogP contribution >= 0.6 is 11.6 Å². The number of ether oxygens (including phenoxy) is 5. The van der Waals surface area contributed by atoms with Gasteiger partial charge in [-0.3, -0.25) is 0 Å². The molecule has 0 spiro atoms. The molecule has 0 aromatic heterocycles. The molecule has 0 N–H and O–H groups in total. The fourth-order valence-electron chi connectivity index (χ4n) is 1.68. The molecule has 0 saturated carbocycles. The van der Waals surface area contributed by atoms with Gasteiger partial charge in [-0.25, -0.2) is 0 Å². The summed E-state index contributed by atoms with van der Waals surface area (Å²) in [5.41, 5.74) is 0. The van der Waals surface area contributed by atoms with Gasteiger partial charge in [0.2, 0.25) is 0 Å². The zero-order valence-corrected chi connectivity index (χ0v) is 12.2. The second-order valence-corrected chi connectivity index (χ2v) is 4.57. The van der Waals surface area contributed by atoms with Crippen LogP contribution in [0.25, 0.3) is 0 Å². The van der Waals surface area contributed by atoms with Crippen molar-refractivity contribution in [2.24, 2.45) is 0 Å². The van der Waals surface area contributed by atoms with E-state index in [9.17, 15) is 0 Å². The average molecular weight is 297 g/mol. The Morgan fingerprint density at radius 1 is 0.842 bits per heavy atom. The van der Waals surface area contributed by atoms with Crippen LogP contribution in [0.1, 0.15) is 19.3 Å². The first-order valence-corrected chi connectivity index (χ1v) is 7.49. The van der Waals surface area contributed by atoms with Crippen LogP contribution in [0.2, 0.25) is 0 Å². The van der Waals surface area contributed by atoms with Crippen LogP contribution in [0.5, 0.6) is 0 Å². The molecule has 0 amide bonds. The average Bonchev–Trinajstić information content (AvgIpc) is 2.46. The first-order chi connectivity index (χ1) is 9.43. The maximum Gasteiger partial charge on any atom is 0.157 e. The number of hydrogen-bond acceptors (Lipinski definition) is 5. The minimum absolute atomic E-state index is 0.0346. The second-order valence-electron chi connectivity index (χ2n) is 4.19. The lowest BCUT2D eigenvalue weighted by atomic mass is 10.2. The molecule has 1 atom stereocenters. The lowest BCUT2D eigenvalue weighted by Crippen LogP contribution is -2.24. The summed E-state index contributed by atoms with van der Waals surface area (Å²) in [5.74, 6) is 0.522. The molecule has 1 heterocycles. The van der Waals surface area contributed by atoms with Gasteiger partial charge in [0.25, 0.3) is 0 Å². The number of alkyl halides is 1. The van der Waals surface area contributed by atoms with Crippen LogP contribution in [-0.2, 0) is 23.7 Å². The van der Waals surface area contributed by atoms with Crippen molar-refractivity contribution in [3.8, 4) is 0 Å². The summed E-state index contributed by atoms with van der Waals surface area (Å²) in [5, 5.41) is 0. The van der Waals surface area contributed by atoms with Gasteiger partial charge >= 0.3 is 0 Å². The third-order valence-corrected chi connectivity index (χ3v) is 2.79. The zero-order valence-electron chi connectivity index (χ0n) is 11.5. The van der Waals surface area contributed by atoms with E-state index >= 15 is 0 Å². The molecule has 1 unspecified atom stereocenters. The molecule has 1 aliphatic heterocycles. The van der Waals surface area contributed by atoms with Gasteiger partial charge < -0.3 is 23.7 Å². The van der Waals surface area contributed by atoms with Crippen molar-refractivity contribution in [2.45, 2.75) is 25.6 Å². The van der Waals surface area contributed by atoms with Crippen molar-refractivity contribution in [1.29, 1.82) is 0 Å². The summed E-state index contributed by atoms with van der Waals surface area (Å²) >= 11 is 5.46. The van der Waals surface area contributed by atoms with Crippen LogP contribution in [0.15, 0.2) is 0 Å². The standard InChI is InChI=1S/C13H25ClO5/c14-4-6-15-7-8-16-9-10-17-11-12-19-13-3-1-2-5-18-13/h13H,1-12H2. The van der Waals surface area contributed by atoms with Crippen molar-refractivity contribution in [3.05, 3.63) is 0 Å². The largest absolute Gasteiger partial charge is 0.378 e. The Hall–Kier alpha value is 0.0900. The Labute approximate surface area is 120 Å². The van der Waals surface area contributed by atoms with Gasteiger partial charge in [0.05, 0.1) is 46.2 Å². The Morgan fingerprint density at radius 2 is 1.47 bits per heavy atom. The lowest BCUT2D eigenvalue weighted by Gasteiger charge is -2.22. The Balaban J connectivity index is 1.71. The predicted octanol–water partition coefficient (Wildman–Crippen LogP) is 1.82. The fourth-order valence-corrected chi connectivity index (χ4v) is 1.79. The van der Waals surface area contributed by atoms with E-state index in [1.54, 1.807) is 0 Å². The van der Waals surface area contributed by atoms with E-state index in [1.807, 2.05) is 0 Å². The molecular weight excluding hydrogens is 272 g/mol. The van der Waals surface area contributed by atoms with Crippen LogP contribution in [0.4, 0.5) is 0 Å². The highest BCUT2D eigenvalue weighted by Crippen LogP contribution is 2.13. The third kappa shape index (κ3) is 10.5. The SMILES string of the molecule is ClCCOCCOCCOCCOC1CCCCO1. The van der Waals surface area contributed by atoms with Crippen LogP contribution in [0, 0.1) is 0 Å². The second kappa shape index (κ2) is 13.1. The van der Waals surface area contributed by atoms with E-state index in [1.165, 1.54) is 6.42 Å². The normalized spacial score (nSPS) is 19.7. The zero-order chi connectivity index (χ0) is 13.6. The van der Waals surface area contributed by atoms with E-state index < -0.39 is 0 Å². The topological polar surface area (TPSA) is 46.2 Å². The summed E-state index contributed by atoms with van der Waals surface area (Å²) in [6.07, 6.45) is 3.28. The Morgan fingerprint density at radius 3 is 2.05 bits per heavy atom. The van der Waals surface area contributed by atoms with Crippen molar-refractivity contribution in [2.75, 3.05) is 58.7 Å². The maximum atomic E-state index is 5.53. The number of hydrogen-bond donors (Lipinski definition) is 0. The summed E-state index contributed by atoms with van der Waals surface area (Å²) in [4.78, 5) is 0. The number of halogens is 1. The van der Waals surface area contributed by atoms with E-state index in [0.29, 0.717) is 52.1 Å². The molecule has 0 bridgehead atoms. The van der Waals surface area contributed by atoms with Crippen molar-refractivity contribution >= 4 is 11.6 Å². The van der Waals surface area contributed by atoms with Crippen molar-refractivity contribution in [3.63, 3.8) is 0 Å². The Bertz CT molecular complexity index is 188. The molecule has 1 aliphatic rings. The lowest BCUT2D eigenvalue weighted by molar-refractivity contribution is -0.169. The molecule has 5 nitrogen and oxygen atoms in total. The third-order valence-electron chi connectivity index (χ3n) is 2.63. The molecule has 0 aliphatic carbocycles. The molecule has 1 saturated heterocycles. The smallest absolute Gasteiger partial charge is 0.157 e. The summed E-state index contributed by atoms with van der Waals surface area (Å²) < 4.78 is 26.8. The highest BCUT2D eigenvalue weighted by Gasteiger charge is 2.13. The van der Waals surface area contributed by atoms with Gasteiger partial charge in [-0.1, -0.05) is 0 Å². The van der Waals surface area contributed by atoms with Gasteiger partial charge in [0.1, 0.15) is 0 Å². The number of rotatable bonds is 12. The van der Waals surface area contributed by atoms with Gasteiger partial charge in [-0.2, -0.15) is 0 Å². The van der Waals surface area contributed by atoms with Gasteiger partial charge in [-0.15, -0.1) is 11.6 Å². The van der Waals surface area contributed by atoms with Gasteiger partial charge in [0, 0.05) is 12.5 Å². The van der Waals surface area contributed by atoms with Crippen LogP contribution in [0.3, 0.4) is 0 Å². The van der Waals surface area contributed by atoms with Gasteiger partial charge in [-0.05, 0) is 19.3 Å².